The largest absolute Gasteiger partial charge is 0.398 e. The second-order valence-electron chi connectivity index (χ2n) is 5.93. The second kappa shape index (κ2) is 4.45. The first-order valence-electron chi connectivity index (χ1n) is 7.05. The average Bonchev–Trinajstić information content (AvgIpc) is 3.16. The van der Waals surface area contributed by atoms with Gasteiger partial charge in [-0.3, -0.25) is 0 Å². The molecule has 2 aromatic rings. The second-order valence-corrected chi connectivity index (χ2v) is 6.33. The van der Waals surface area contributed by atoms with E-state index in [1.54, 1.807) is 6.07 Å². The molecule has 1 heterocycles. The fourth-order valence-electron chi connectivity index (χ4n) is 3.80. The number of anilines is 1. The van der Waals surface area contributed by atoms with Crippen LogP contribution in [-0.4, -0.2) is 20.2 Å². The summed E-state index contributed by atoms with van der Waals surface area (Å²) < 4.78 is 1.99. The lowest BCUT2D eigenvalue weighted by Crippen LogP contribution is -2.18. The summed E-state index contributed by atoms with van der Waals surface area (Å²) in [6.45, 7) is 0. The molecule has 0 radical (unpaired) electrons. The van der Waals surface area contributed by atoms with E-state index < -0.39 is 0 Å². The number of nitrogens with zero attached hydrogens (tertiary/aromatic N) is 4. The number of hydrogen-bond acceptors (Lipinski definition) is 4. The number of halogens is 1. The van der Waals surface area contributed by atoms with Crippen molar-refractivity contribution in [2.45, 2.75) is 31.7 Å². The van der Waals surface area contributed by atoms with Crippen molar-refractivity contribution in [2.24, 2.45) is 11.8 Å². The normalized spacial score (nSPS) is 28.1. The molecule has 1 aromatic heterocycles. The Morgan fingerprint density at radius 1 is 1.25 bits per heavy atom. The molecule has 1 aromatic carbocycles. The molecule has 2 saturated carbocycles. The molecule has 2 bridgehead atoms. The van der Waals surface area contributed by atoms with Gasteiger partial charge in [0.25, 0.3) is 0 Å². The average molecular weight is 290 g/mol. The van der Waals surface area contributed by atoms with Crippen LogP contribution in [0.1, 0.15) is 31.7 Å². The lowest BCUT2D eigenvalue weighted by molar-refractivity contribution is 0.304. The molecule has 0 saturated heterocycles. The molecule has 4 rings (SSSR count). The van der Waals surface area contributed by atoms with Crippen LogP contribution in [0.25, 0.3) is 11.4 Å². The summed E-state index contributed by atoms with van der Waals surface area (Å²) in [7, 11) is 0. The third kappa shape index (κ3) is 1.80. The number of hydrogen-bond donors (Lipinski definition) is 1. The summed E-state index contributed by atoms with van der Waals surface area (Å²) in [6.07, 6.45) is 5.20. The van der Waals surface area contributed by atoms with Gasteiger partial charge < -0.3 is 5.73 Å². The molecule has 0 amide bonds. The molecular formula is C14H16ClN5. The van der Waals surface area contributed by atoms with Crippen molar-refractivity contribution in [3.8, 4) is 11.4 Å². The Bertz CT molecular complexity index is 653. The van der Waals surface area contributed by atoms with E-state index >= 15 is 0 Å². The van der Waals surface area contributed by atoms with Gasteiger partial charge in [-0.25, -0.2) is 4.68 Å². The van der Waals surface area contributed by atoms with Crippen molar-refractivity contribution in [2.75, 3.05) is 5.73 Å². The van der Waals surface area contributed by atoms with Crippen molar-refractivity contribution in [3.05, 3.63) is 23.2 Å². The van der Waals surface area contributed by atoms with Gasteiger partial charge in [-0.05, 0) is 59.7 Å². The summed E-state index contributed by atoms with van der Waals surface area (Å²) in [5.74, 6) is 2.38. The van der Waals surface area contributed by atoms with Crippen LogP contribution in [0, 0.1) is 11.8 Å². The van der Waals surface area contributed by atoms with Crippen LogP contribution >= 0.6 is 11.6 Å². The molecule has 2 aliphatic carbocycles. The van der Waals surface area contributed by atoms with Gasteiger partial charge in [-0.2, -0.15) is 0 Å². The minimum atomic E-state index is 0.440. The molecule has 0 aliphatic heterocycles. The Hall–Kier alpha value is -1.62. The maximum atomic E-state index is 5.98. The maximum Gasteiger partial charge on any atom is 0.182 e. The fourth-order valence-corrected chi connectivity index (χ4v) is 3.92. The van der Waals surface area contributed by atoms with Gasteiger partial charge >= 0.3 is 0 Å². The van der Waals surface area contributed by atoms with Crippen LogP contribution in [0.2, 0.25) is 5.02 Å². The van der Waals surface area contributed by atoms with E-state index in [4.69, 9.17) is 17.3 Å². The third-order valence-corrected chi connectivity index (χ3v) is 5.11. The quantitative estimate of drug-likeness (QED) is 0.863. The monoisotopic (exact) mass is 289 g/mol. The Kier molecular flexibility index (Phi) is 2.70. The van der Waals surface area contributed by atoms with E-state index in [2.05, 4.69) is 15.5 Å². The van der Waals surface area contributed by atoms with Gasteiger partial charge in [-0.15, -0.1) is 5.10 Å². The predicted molar refractivity (Wildman–Crippen MR) is 77.2 cm³/mol. The number of aromatic nitrogens is 4. The third-order valence-electron chi connectivity index (χ3n) is 4.76. The number of benzene rings is 1. The van der Waals surface area contributed by atoms with E-state index in [0.717, 1.165) is 23.2 Å². The highest BCUT2D eigenvalue weighted by molar-refractivity contribution is 6.33. The van der Waals surface area contributed by atoms with Gasteiger partial charge in [-0.1, -0.05) is 18.0 Å². The van der Waals surface area contributed by atoms with Gasteiger partial charge in [0.2, 0.25) is 0 Å². The Morgan fingerprint density at radius 3 is 2.85 bits per heavy atom. The molecule has 5 nitrogen and oxygen atoms in total. The number of tetrazole rings is 1. The van der Waals surface area contributed by atoms with Crippen molar-refractivity contribution < 1.29 is 0 Å². The SMILES string of the molecule is Nc1cc(-c2nnnn2C2CC3CCC2C3)ccc1Cl. The first-order chi connectivity index (χ1) is 9.72. The molecule has 104 valence electrons. The van der Waals surface area contributed by atoms with E-state index in [1.165, 1.54) is 25.7 Å². The summed E-state index contributed by atoms with van der Waals surface area (Å²) in [5.41, 5.74) is 7.37. The van der Waals surface area contributed by atoms with E-state index in [-0.39, 0.29) is 0 Å². The van der Waals surface area contributed by atoms with Gasteiger partial charge in [0.15, 0.2) is 5.82 Å². The Morgan fingerprint density at radius 2 is 2.15 bits per heavy atom. The topological polar surface area (TPSA) is 69.6 Å². The molecule has 2 fully saturated rings. The Labute approximate surface area is 122 Å². The number of nitrogen functional groups attached to an aromatic ring is 1. The molecule has 3 unspecified atom stereocenters. The highest BCUT2D eigenvalue weighted by atomic mass is 35.5. The molecule has 2 aliphatic rings. The van der Waals surface area contributed by atoms with Gasteiger partial charge in [0.05, 0.1) is 16.8 Å². The first kappa shape index (κ1) is 12.1. The highest BCUT2D eigenvalue weighted by Crippen LogP contribution is 2.51. The Balaban J connectivity index is 1.73. The molecule has 3 atom stereocenters. The van der Waals surface area contributed by atoms with Crippen LogP contribution in [0.5, 0.6) is 0 Å². The highest BCUT2D eigenvalue weighted by Gasteiger charge is 2.42. The van der Waals surface area contributed by atoms with Gasteiger partial charge in [0, 0.05) is 5.56 Å². The zero-order valence-electron chi connectivity index (χ0n) is 11.0. The minimum absolute atomic E-state index is 0.440. The van der Waals surface area contributed by atoms with Crippen LogP contribution in [0.15, 0.2) is 18.2 Å². The van der Waals surface area contributed by atoms with E-state index in [9.17, 15) is 0 Å². The van der Waals surface area contributed by atoms with E-state index in [1.807, 2.05) is 16.8 Å². The number of nitrogens with two attached hydrogens (primary N) is 1. The van der Waals surface area contributed by atoms with Crippen molar-refractivity contribution in [1.29, 1.82) is 0 Å². The first-order valence-corrected chi connectivity index (χ1v) is 7.43. The van der Waals surface area contributed by atoms with E-state index in [0.29, 0.717) is 16.8 Å². The summed E-state index contributed by atoms with van der Waals surface area (Å²) in [6, 6.07) is 6.01. The van der Waals surface area contributed by atoms with Gasteiger partial charge in [0.1, 0.15) is 0 Å². The summed E-state index contributed by atoms with van der Waals surface area (Å²) in [5, 5.41) is 12.8. The zero-order valence-corrected chi connectivity index (χ0v) is 11.8. The zero-order chi connectivity index (χ0) is 13.7. The lowest BCUT2D eigenvalue weighted by Gasteiger charge is -2.22. The van der Waals surface area contributed by atoms with Crippen molar-refractivity contribution >= 4 is 17.3 Å². The predicted octanol–water partition coefficient (Wildman–Crippen LogP) is 2.94. The minimum Gasteiger partial charge on any atom is -0.398 e. The van der Waals surface area contributed by atoms with Crippen LogP contribution in [0.4, 0.5) is 5.69 Å². The molecular weight excluding hydrogens is 274 g/mol. The smallest absolute Gasteiger partial charge is 0.182 e. The van der Waals surface area contributed by atoms with Crippen LogP contribution in [-0.2, 0) is 0 Å². The van der Waals surface area contributed by atoms with Crippen LogP contribution < -0.4 is 5.73 Å². The maximum absolute atomic E-state index is 5.98. The molecule has 20 heavy (non-hydrogen) atoms. The standard InChI is InChI=1S/C14H16ClN5/c15-11-4-3-10(7-12(11)16)14-17-18-19-20(14)13-6-8-1-2-9(13)5-8/h3-4,7-9,13H,1-2,5-6,16H2. The molecule has 6 heteroatoms. The lowest BCUT2D eigenvalue weighted by atomic mass is 9.95. The number of fused-ring (bicyclic) bond motifs is 2. The van der Waals surface area contributed by atoms with Crippen LogP contribution in [0.3, 0.4) is 0 Å². The van der Waals surface area contributed by atoms with Crippen molar-refractivity contribution in [3.63, 3.8) is 0 Å². The summed E-state index contributed by atoms with van der Waals surface area (Å²) in [4.78, 5) is 0. The fraction of sp³-hybridized carbons (Fsp3) is 0.500. The molecule has 0 spiro atoms. The number of rotatable bonds is 2. The summed E-state index contributed by atoms with van der Waals surface area (Å²) >= 11 is 5.98. The van der Waals surface area contributed by atoms with Crippen molar-refractivity contribution in [1.82, 2.24) is 20.2 Å². The molecule has 2 N–H and O–H groups in total.